The zero-order chi connectivity index (χ0) is 28.8. The van der Waals surface area contributed by atoms with Gasteiger partial charge in [-0.3, -0.25) is 9.78 Å². The third kappa shape index (κ3) is 6.50. The van der Waals surface area contributed by atoms with Crippen LogP contribution in [-0.4, -0.2) is 54.5 Å². The van der Waals surface area contributed by atoms with E-state index in [0.717, 1.165) is 29.8 Å². The number of nitrogens with one attached hydrogen (secondary N) is 1. The predicted molar refractivity (Wildman–Crippen MR) is 163 cm³/mol. The van der Waals surface area contributed by atoms with Crippen molar-refractivity contribution in [3.8, 4) is 11.1 Å². The SMILES string of the molecule is Cc1nc(C)c(C(=O)N2CCNCC2)c(-c2ccc(Cl)cc2)c1C(=O)OCCC(c1ccccc1)c1ccccc1. The average molecular weight is 568 g/mol. The van der Waals surface area contributed by atoms with Crippen molar-refractivity contribution in [1.82, 2.24) is 15.2 Å². The van der Waals surface area contributed by atoms with Crippen LogP contribution in [0.3, 0.4) is 0 Å². The second-order valence-corrected chi connectivity index (χ2v) is 10.7. The summed E-state index contributed by atoms with van der Waals surface area (Å²) < 4.78 is 5.95. The van der Waals surface area contributed by atoms with Crippen LogP contribution in [0.1, 0.15) is 55.6 Å². The number of piperazine rings is 1. The highest BCUT2D eigenvalue weighted by molar-refractivity contribution is 6.30. The monoisotopic (exact) mass is 567 g/mol. The van der Waals surface area contributed by atoms with Crippen LogP contribution in [0.15, 0.2) is 84.9 Å². The Bertz CT molecular complexity index is 1460. The number of aryl methyl sites for hydroxylation is 2. The Morgan fingerprint density at radius 1 is 0.854 bits per heavy atom. The van der Waals surface area contributed by atoms with E-state index in [2.05, 4.69) is 34.6 Å². The molecular weight excluding hydrogens is 534 g/mol. The molecule has 4 aromatic rings. The molecule has 0 saturated carbocycles. The predicted octanol–water partition coefficient (Wildman–Crippen LogP) is 6.44. The Morgan fingerprint density at radius 3 is 2.00 bits per heavy atom. The zero-order valence-electron chi connectivity index (χ0n) is 23.4. The van der Waals surface area contributed by atoms with E-state index in [-0.39, 0.29) is 18.4 Å². The lowest BCUT2D eigenvalue weighted by Gasteiger charge is -2.29. The van der Waals surface area contributed by atoms with Crippen molar-refractivity contribution >= 4 is 23.5 Å². The molecule has 0 atom stereocenters. The molecule has 3 aromatic carbocycles. The minimum absolute atomic E-state index is 0.0722. The molecule has 0 aliphatic carbocycles. The van der Waals surface area contributed by atoms with E-state index in [4.69, 9.17) is 16.3 Å². The fourth-order valence-electron chi connectivity index (χ4n) is 5.53. The van der Waals surface area contributed by atoms with Crippen molar-refractivity contribution in [2.45, 2.75) is 26.2 Å². The van der Waals surface area contributed by atoms with Gasteiger partial charge in [-0.2, -0.15) is 0 Å². The van der Waals surface area contributed by atoms with E-state index in [9.17, 15) is 9.59 Å². The van der Waals surface area contributed by atoms with Gasteiger partial charge in [0.15, 0.2) is 0 Å². The van der Waals surface area contributed by atoms with Gasteiger partial charge in [0.2, 0.25) is 0 Å². The summed E-state index contributed by atoms with van der Waals surface area (Å²) in [5.74, 6) is -0.555. The first-order chi connectivity index (χ1) is 19.9. The van der Waals surface area contributed by atoms with Gasteiger partial charge in [-0.1, -0.05) is 84.4 Å². The molecule has 210 valence electrons. The number of carbonyl (C=O) groups excluding carboxylic acids is 2. The normalized spacial score (nSPS) is 13.3. The molecule has 1 amide bonds. The molecule has 0 unspecified atom stereocenters. The van der Waals surface area contributed by atoms with Crippen LogP contribution in [-0.2, 0) is 4.74 Å². The third-order valence-corrected chi connectivity index (χ3v) is 7.81. The van der Waals surface area contributed by atoms with Gasteiger partial charge in [-0.05, 0) is 49.1 Å². The summed E-state index contributed by atoms with van der Waals surface area (Å²) in [7, 11) is 0. The maximum atomic E-state index is 13.9. The van der Waals surface area contributed by atoms with Crippen molar-refractivity contribution in [3.63, 3.8) is 0 Å². The molecule has 7 heteroatoms. The fourth-order valence-corrected chi connectivity index (χ4v) is 5.66. The fraction of sp³-hybridized carbons (Fsp3) is 0.265. The van der Waals surface area contributed by atoms with Gasteiger partial charge in [0, 0.05) is 42.7 Å². The van der Waals surface area contributed by atoms with E-state index in [0.29, 0.717) is 52.6 Å². The minimum Gasteiger partial charge on any atom is -0.462 e. The summed E-state index contributed by atoms with van der Waals surface area (Å²) in [6.45, 7) is 6.44. The molecule has 1 aliphatic heterocycles. The third-order valence-electron chi connectivity index (χ3n) is 7.56. The van der Waals surface area contributed by atoms with Gasteiger partial charge in [-0.15, -0.1) is 0 Å². The first-order valence-electron chi connectivity index (χ1n) is 14.0. The summed E-state index contributed by atoms with van der Waals surface area (Å²) in [6.07, 6.45) is 0.612. The number of ether oxygens (including phenoxy) is 1. The number of amides is 1. The van der Waals surface area contributed by atoms with E-state index in [1.54, 1.807) is 19.1 Å². The summed E-state index contributed by atoms with van der Waals surface area (Å²) in [5.41, 5.74) is 5.44. The average Bonchev–Trinajstić information content (AvgIpc) is 3.00. The number of hydrogen-bond acceptors (Lipinski definition) is 5. The highest BCUT2D eigenvalue weighted by atomic mass is 35.5. The van der Waals surface area contributed by atoms with E-state index in [1.165, 1.54) is 0 Å². The maximum Gasteiger partial charge on any atom is 0.340 e. The second kappa shape index (κ2) is 13.1. The number of nitrogens with zero attached hydrogens (tertiary/aromatic N) is 2. The van der Waals surface area contributed by atoms with E-state index >= 15 is 0 Å². The Morgan fingerprint density at radius 2 is 1.41 bits per heavy atom. The Balaban J connectivity index is 1.48. The lowest BCUT2D eigenvalue weighted by Crippen LogP contribution is -2.46. The van der Waals surface area contributed by atoms with Crippen molar-refractivity contribution in [3.05, 3.63) is 124 Å². The number of benzene rings is 3. The van der Waals surface area contributed by atoms with Gasteiger partial charge in [0.05, 0.1) is 29.1 Å². The standard InChI is InChI=1S/C34H34ClN3O3/c1-23-30(33(39)38-20-18-36-19-21-38)32(27-13-15-28(35)16-14-27)31(24(2)37-23)34(40)41-22-17-29(25-9-5-3-6-10-25)26-11-7-4-8-12-26/h3-16,29,36H,17-22H2,1-2H3. The van der Waals surface area contributed by atoms with Crippen molar-refractivity contribution in [2.75, 3.05) is 32.8 Å². The van der Waals surface area contributed by atoms with Gasteiger partial charge < -0.3 is 15.0 Å². The van der Waals surface area contributed by atoms with Crippen molar-refractivity contribution in [1.29, 1.82) is 0 Å². The van der Waals surface area contributed by atoms with Crippen molar-refractivity contribution in [2.24, 2.45) is 0 Å². The Labute approximate surface area is 246 Å². The minimum atomic E-state index is -0.491. The summed E-state index contributed by atoms with van der Waals surface area (Å²) >= 11 is 6.20. The van der Waals surface area contributed by atoms with Crippen LogP contribution in [0.25, 0.3) is 11.1 Å². The van der Waals surface area contributed by atoms with Crippen LogP contribution < -0.4 is 5.32 Å². The quantitative estimate of drug-likeness (QED) is 0.248. The zero-order valence-corrected chi connectivity index (χ0v) is 24.2. The van der Waals surface area contributed by atoms with Crippen LogP contribution >= 0.6 is 11.6 Å². The van der Waals surface area contributed by atoms with Crippen LogP contribution in [0.4, 0.5) is 0 Å². The van der Waals surface area contributed by atoms with Crippen LogP contribution in [0, 0.1) is 13.8 Å². The number of halogens is 1. The first kappa shape index (κ1) is 28.5. The number of aromatic nitrogens is 1. The maximum absolute atomic E-state index is 13.9. The Hall–Kier alpha value is -4.00. The van der Waals surface area contributed by atoms with Gasteiger partial charge in [-0.25, -0.2) is 4.79 Å². The first-order valence-corrected chi connectivity index (χ1v) is 14.4. The molecular formula is C34H34ClN3O3. The molecule has 0 bridgehead atoms. The largest absolute Gasteiger partial charge is 0.462 e. The van der Waals surface area contributed by atoms with Crippen LogP contribution in [0.5, 0.6) is 0 Å². The molecule has 2 heterocycles. The van der Waals surface area contributed by atoms with Gasteiger partial charge in [0.25, 0.3) is 5.91 Å². The highest BCUT2D eigenvalue weighted by Gasteiger charge is 2.30. The van der Waals surface area contributed by atoms with Crippen molar-refractivity contribution < 1.29 is 14.3 Å². The van der Waals surface area contributed by atoms with E-state index < -0.39 is 5.97 Å². The lowest BCUT2D eigenvalue weighted by molar-refractivity contribution is 0.0495. The number of hydrogen-bond donors (Lipinski definition) is 1. The molecule has 1 saturated heterocycles. The smallest absolute Gasteiger partial charge is 0.340 e. The summed E-state index contributed by atoms with van der Waals surface area (Å²) in [6, 6.07) is 27.7. The molecule has 1 N–H and O–H groups in total. The second-order valence-electron chi connectivity index (χ2n) is 10.3. The molecule has 0 radical (unpaired) electrons. The molecule has 41 heavy (non-hydrogen) atoms. The summed E-state index contributed by atoms with van der Waals surface area (Å²) in [4.78, 5) is 34.2. The number of carbonyl (C=O) groups is 2. The van der Waals surface area contributed by atoms with Gasteiger partial charge in [0.1, 0.15) is 0 Å². The number of pyridine rings is 1. The van der Waals surface area contributed by atoms with Crippen LogP contribution in [0.2, 0.25) is 5.02 Å². The molecule has 1 aromatic heterocycles. The lowest BCUT2D eigenvalue weighted by atomic mass is 9.89. The summed E-state index contributed by atoms with van der Waals surface area (Å²) in [5, 5.41) is 3.86. The molecule has 5 rings (SSSR count). The van der Waals surface area contributed by atoms with Gasteiger partial charge >= 0.3 is 5.97 Å². The highest BCUT2D eigenvalue weighted by Crippen LogP contribution is 2.34. The van der Waals surface area contributed by atoms with E-state index in [1.807, 2.05) is 60.4 Å². The molecule has 6 nitrogen and oxygen atoms in total. The topological polar surface area (TPSA) is 71.5 Å². The molecule has 1 fully saturated rings. The Kier molecular flexibility index (Phi) is 9.12. The molecule has 0 spiro atoms. The number of rotatable bonds is 8. The number of esters is 1. The molecule has 1 aliphatic rings.